The van der Waals surface area contributed by atoms with Crippen LogP contribution in [-0.2, 0) is 4.79 Å². The van der Waals surface area contributed by atoms with E-state index in [4.69, 9.17) is 4.74 Å². The molecule has 1 aromatic rings. The number of hydrogen-bond acceptors (Lipinski definition) is 3. The first-order valence-corrected chi connectivity index (χ1v) is 6.45. The van der Waals surface area contributed by atoms with Gasteiger partial charge in [0.15, 0.2) is 5.78 Å². The Labute approximate surface area is 114 Å². The summed E-state index contributed by atoms with van der Waals surface area (Å²) >= 11 is 0. The Morgan fingerprint density at radius 2 is 1.89 bits per heavy atom. The van der Waals surface area contributed by atoms with Crippen LogP contribution < -0.4 is 4.74 Å². The maximum absolute atomic E-state index is 12.1. The van der Waals surface area contributed by atoms with Gasteiger partial charge in [-0.3, -0.25) is 4.79 Å². The molecule has 100 valence electrons. The predicted octanol–water partition coefficient (Wildman–Crippen LogP) is 3.31. The molecular formula is C16H19NO2. The van der Waals surface area contributed by atoms with Gasteiger partial charge >= 0.3 is 0 Å². The van der Waals surface area contributed by atoms with Gasteiger partial charge in [0.2, 0.25) is 0 Å². The maximum atomic E-state index is 12.1. The van der Waals surface area contributed by atoms with E-state index in [2.05, 4.69) is 6.07 Å². The van der Waals surface area contributed by atoms with Crippen molar-refractivity contribution in [2.45, 2.75) is 33.1 Å². The van der Waals surface area contributed by atoms with E-state index in [9.17, 15) is 10.1 Å². The van der Waals surface area contributed by atoms with E-state index in [1.165, 1.54) is 0 Å². The number of ether oxygens (including phenoxy) is 1. The van der Waals surface area contributed by atoms with E-state index in [-0.39, 0.29) is 17.1 Å². The molecule has 0 saturated heterocycles. The summed E-state index contributed by atoms with van der Waals surface area (Å²) in [4.78, 5) is 12.1. The van der Waals surface area contributed by atoms with Crippen LogP contribution in [0.2, 0.25) is 0 Å². The Kier molecular flexibility index (Phi) is 3.14. The van der Waals surface area contributed by atoms with Crippen LogP contribution in [0.5, 0.6) is 5.75 Å². The molecule has 0 spiro atoms. The summed E-state index contributed by atoms with van der Waals surface area (Å²) in [7, 11) is 1.62. The summed E-state index contributed by atoms with van der Waals surface area (Å²) < 4.78 is 5.14. The van der Waals surface area contributed by atoms with Gasteiger partial charge in [0.05, 0.1) is 13.2 Å². The molecule has 0 amide bonds. The van der Waals surface area contributed by atoms with Crippen molar-refractivity contribution >= 4 is 5.78 Å². The van der Waals surface area contributed by atoms with Gasteiger partial charge in [0.25, 0.3) is 0 Å². The van der Waals surface area contributed by atoms with Crippen LogP contribution in [0, 0.1) is 22.2 Å². The Morgan fingerprint density at radius 1 is 1.32 bits per heavy atom. The lowest BCUT2D eigenvalue weighted by Gasteiger charge is -2.51. The third-order valence-electron chi connectivity index (χ3n) is 4.23. The van der Waals surface area contributed by atoms with Crippen LogP contribution in [0.3, 0.4) is 0 Å². The van der Waals surface area contributed by atoms with E-state index < -0.39 is 5.41 Å². The molecular weight excluding hydrogens is 238 g/mol. The highest BCUT2D eigenvalue weighted by atomic mass is 16.5. The first-order valence-electron chi connectivity index (χ1n) is 6.45. The molecule has 2 atom stereocenters. The highest BCUT2D eigenvalue weighted by Crippen LogP contribution is 2.59. The lowest BCUT2D eigenvalue weighted by molar-refractivity contribution is -0.144. The number of carbonyl (C=O) groups is 1. The molecule has 0 N–H and O–H groups in total. The standard InChI is InChI=1S/C16H19NO2/c1-15(2,3)16(10-17)13(9-14(16)18)11-5-7-12(19-4)8-6-11/h5-8,13H,9H2,1-4H3/t13-,16+/m1/s1. The Morgan fingerprint density at radius 3 is 2.26 bits per heavy atom. The number of rotatable bonds is 2. The van der Waals surface area contributed by atoms with E-state index in [1.54, 1.807) is 7.11 Å². The summed E-state index contributed by atoms with van der Waals surface area (Å²) in [5.41, 5.74) is -0.222. The molecule has 0 aromatic heterocycles. The second-order valence-electron chi connectivity index (χ2n) is 6.12. The number of hydrogen-bond donors (Lipinski definition) is 0. The zero-order valence-electron chi connectivity index (χ0n) is 11.9. The van der Waals surface area contributed by atoms with Crippen LogP contribution in [0.25, 0.3) is 0 Å². The van der Waals surface area contributed by atoms with Crippen molar-refractivity contribution in [2.24, 2.45) is 10.8 Å². The SMILES string of the molecule is COc1ccc([C@H]2CC(=O)[C@@]2(C#N)C(C)(C)C)cc1. The van der Waals surface area contributed by atoms with Crippen molar-refractivity contribution in [2.75, 3.05) is 7.11 Å². The topological polar surface area (TPSA) is 50.1 Å². The number of Topliss-reactive ketones (excluding diaryl/α,β-unsaturated/α-hetero) is 1. The number of ketones is 1. The third kappa shape index (κ3) is 1.83. The summed E-state index contributed by atoms with van der Waals surface area (Å²) in [6.07, 6.45) is 0.456. The van der Waals surface area contributed by atoms with Gasteiger partial charge < -0.3 is 4.74 Å². The number of carbonyl (C=O) groups excluding carboxylic acids is 1. The van der Waals surface area contributed by atoms with Gasteiger partial charge in [-0.2, -0.15) is 5.26 Å². The molecule has 1 fully saturated rings. The van der Waals surface area contributed by atoms with Gasteiger partial charge in [-0.1, -0.05) is 32.9 Å². The lowest BCUT2D eigenvalue weighted by Crippen LogP contribution is -2.55. The summed E-state index contributed by atoms with van der Waals surface area (Å²) in [5.74, 6) is 0.826. The number of nitrogens with zero attached hydrogens (tertiary/aromatic N) is 1. The summed E-state index contributed by atoms with van der Waals surface area (Å²) in [6.45, 7) is 5.89. The van der Waals surface area contributed by atoms with Crippen molar-refractivity contribution in [3.05, 3.63) is 29.8 Å². The molecule has 3 nitrogen and oxygen atoms in total. The van der Waals surface area contributed by atoms with Gasteiger partial charge in [-0.05, 0) is 23.1 Å². The summed E-state index contributed by atoms with van der Waals surface area (Å²) in [5, 5.41) is 9.58. The zero-order chi connectivity index (χ0) is 14.3. The fourth-order valence-electron chi connectivity index (χ4n) is 3.02. The fraction of sp³-hybridized carbons (Fsp3) is 0.500. The Balaban J connectivity index is 2.40. The molecule has 0 bridgehead atoms. The second-order valence-corrected chi connectivity index (χ2v) is 6.12. The van der Waals surface area contributed by atoms with E-state index >= 15 is 0 Å². The molecule has 19 heavy (non-hydrogen) atoms. The highest BCUT2D eigenvalue weighted by molar-refractivity contribution is 5.97. The largest absolute Gasteiger partial charge is 0.497 e. The quantitative estimate of drug-likeness (QED) is 0.816. The maximum Gasteiger partial charge on any atom is 0.154 e. The normalized spacial score (nSPS) is 26.5. The predicted molar refractivity (Wildman–Crippen MR) is 72.9 cm³/mol. The fourth-order valence-corrected chi connectivity index (χ4v) is 3.02. The van der Waals surface area contributed by atoms with Gasteiger partial charge in [0.1, 0.15) is 11.2 Å². The summed E-state index contributed by atoms with van der Waals surface area (Å²) in [6, 6.07) is 9.96. The molecule has 0 unspecified atom stereocenters. The van der Waals surface area contributed by atoms with E-state index in [0.29, 0.717) is 6.42 Å². The first kappa shape index (κ1) is 13.6. The van der Waals surface area contributed by atoms with Gasteiger partial charge in [-0.25, -0.2) is 0 Å². The van der Waals surface area contributed by atoms with Crippen molar-refractivity contribution in [3.63, 3.8) is 0 Å². The zero-order valence-corrected chi connectivity index (χ0v) is 11.9. The first-order chi connectivity index (χ1) is 8.86. The lowest BCUT2D eigenvalue weighted by atomic mass is 9.47. The molecule has 0 heterocycles. The van der Waals surface area contributed by atoms with Crippen LogP contribution in [-0.4, -0.2) is 12.9 Å². The van der Waals surface area contributed by atoms with E-state index in [0.717, 1.165) is 11.3 Å². The molecule has 1 aliphatic rings. The van der Waals surface area contributed by atoms with Gasteiger partial charge in [-0.15, -0.1) is 0 Å². The minimum atomic E-state index is -0.901. The molecule has 1 aliphatic carbocycles. The van der Waals surface area contributed by atoms with Crippen LogP contribution in [0.4, 0.5) is 0 Å². The highest BCUT2D eigenvalue weighted by Gasteiger charge is 2.62. The van der Waals surface area contributed by atoms with E-state index in [1.807, 2.05) is 45.0 Å². The second kappa shape index (κ2) is 4.38. The van der Waals surface area contributed by atoms with Crippen molar-refractivity contribution in [1.82, 2.24) is 0 Å². The molecule has 2 rings (SSSR count). The molecule has 1 aromatic carbocycles. The van der Waals surface area contributed by atoms with Gasteiger partial charge in [0, 0.05) is 12.3 Å². The number of nitriles is 1. The molecule has 1 saturated carbocycles. The minimum absolute atomic E-state index is 0.0177. The third-order valence-corrected chi connectivity index (χ3v) is 4.23. The number of benzene rings is 1. The molecule has 3 heteroatoms. The number of methoxy groups -OCH3 is 1. The molecule has 0 radical (unpaired) electrons. The van der Waals surface area contributed by atoms with Crippen molar-refractivity contribution < 1.29 is 9.53 Å². The van der Waals surface area contributed by atoms with Crippen LogP contribution >= 0.6 is 0 Å². The average molecular weight is 257 g/mol. The average Bonchev–Trinajstić information content (AvgIpc) is 2.35. The van der Waals surface area contributed by atoms with Crippen LogP contribution in [0.1, 0.15) is 38.7 Å². The Hall–Kier alpha value is -1.82. The minimum Gasteiger partial charge on any atom is -0.497 e. The monoisotopic (exact) mass is 257 g/mol. The van der Waals surface area contributed by atoms with Crippen molar-refractivity contribution in [3.8, 4) is 11.8 Å². The van der Waals surface area contributed by atoms with Crippen LogP contribution in [0.15, 0.2) is 24.3 Å². The molecule has 0 aliphatic heterocycles. The van der Waals surface area contributed by atoms with Crippen molar-refractivity contribution in [1.29, 1.82) is 5.26 Å². The smallest absolute Gasteiger partial charge is 0.154 e. The Bertz CT molecular complexity index is 533.